The molecule has 25 heavy (non-hydrogen) atoms. The molecule has 0 saturated carbocycles. The van der Waals surface area contributed by atoms with Crippen LogP contribution in [0, 0.1) is 6.92 Å². The number of imidazole rings is 1. The van der Waals surface area contributed by atoms with Crippen molar-refractivity contribution in [3.63, 3.8) is 0 Å². The Morgan fingerprint density at radius 2 is 1.96 bits per heavy atom. The summed E-state index contributed by atoms with van der Waals surface area (Å²) in [5, 5.41) is 0. The van der Waals surface area contributed by atoms with Crippen LogP contribution in [-0.4, -0.2) is 33.6 Å². The molecule has 5 nitrogen and oxygen atoms in total. The highest BCUT2D eigenvalue weighted by molar-refractivity contribution is 6.16. The Kier molecular flexibility index (Phi) is 7.14. The van der Waals surface area contributed by atoms with E-state index in [1.165, 1.54) is 0 Å². The Morgan fingerprint density at radius 1 is 1.28 bits per heavy atom. The first-order chi connectivity index (χ1) is 11.7. The molecule has 1 fully saturated rings. The molecule has 1 aromatic heterocycles. The van der Waals surface area contributed by atoms with Gasteiger partial charge in [-0.05, 0) is 25.3 Å². The van der Waals surface area contributed by atoms with E-state index in [9.17, 15) is 4.79 Å². The third kappa shape index (κ3) is 4.67. The van der Waals surface area contributed by atoms with Gasteiger partial charge in [0.05, 0.1) is 11.6 Å². The van der Waals surface area contributed by atoms with Crippen LogP contribution in [0.25, 0.3) is 0 Å². The Hall–Kier alpha value is -1.72. The SMILES string of the molecule is Cc1ncc(CCl)n1C1CCN(C(=O)OCc2ccccc2)CC1.Cl. The first-order valence-electron chi connectivity index (χ1n) is 8.23. The van der Waals surface area contributed by atoms with E-state index < -0.39 is 0 Å². The number of piperidine rings is 1. The number of rotatable bonds is 4. The second-order valence-corrected chi connectivity index (χ2v) is 6.33. The number of hydrogen-bond donors (Lipinski definition) is 0. The maximum Gasteiger partial charge on any atom is 0.410 e. The number of halogens is 2. The lowest BCUT2D eigenvalue weighted by Crippen LogP contribution is -2.39. The van der Waals surface area contributed by atoms with Crippen molar-refractivity contribution in [2.45, 2.75) is 38.3 Å². The predicted molar refractivity (Wildman–Crippen MR) is 100 cm³/mol. The first-order valence-corrected chi connectivity index (χ1v) is 8.76. The van der Waals surface area contributed by atoms with Crippen molar-refractivity contribution >= 4 is 30.1 Å². The molecule has 3 rings (SSSR count). The Balaban J connectivity index is 0.00000225. The molecule has 1 aliphatic rings. The monoisotopic (exact) mass is 383 g/mol. The largest absolute Gasteiger partial charge is 0.445 e. The number of carbonyl (C=O) groups excluding carboxylic acids is 1. The van der Waals surface area contributed by atoms with Crippen LogP contribution in [0.4, 0.5) is 4.79 Å². The van der Waals surface area contributed by atoms with Gasteiger partial charge in [-0.1, -0.05) is 30.3 Å². The number of alkyl halides is 1. The maximum absolute atomic E-state index is 12.2. The highest BCUT2D eigenvalue weighted by atomic mass is 35.5. The molecule has 0 aliphatic carbocycles. The Bertz CT molecular complexity index is 683. The van der Waals surface area contributed by atoms with Crippen molar-refractivity contribution in [3.8, 4) is 0 Å². The summed E-state index contributed by atoms with van der Waals surface area (Å²) < 4.78 is 7.62. The van der Waals surface area contributed by atoms with E-state index in [4.69, 9.17) is 16.3 Å². The zero-order chi connectivity index (χ0) is 16.9. The van der Waals surface area contributed by atoms with E-state index in [1.807, 2.05) is 43.5 Å². The van der Waals surface area contributed by atoms with E-state index in [0.29, 0.717) is 31.6 Å². The van der Waals surface area contributed by atoms with Crippen LogP contribution in [0.2, 0.25) is 0 Å². The molecule has 1 aliphatic heterocycles. The van der Waals surface area contributed by atoms with Gasteiger partial charge in [-0.25, -0.2) is 9.78 Å². The lowest BCUT2D eigenvalue weighted by Gasteiger charge is -2.33. The van der Waals surface area contributed by atoms with Crippen molar-refractivity contribution < 1.29 is 9.53 Å². The van der Waals surface area contributed by atoms with Crippen molar-refractivity contribution in [1.82, 2.24) is 14.5 Å². The summed E-state index contributed by atoms with van der Waals surface area (Å²) in [6.45, 7) is 3.70. The van der Waals surface area contributed by atoms with Gasteiger partial charge in [0, 0.05) is 25.3 Å². The fourth-order valence-electron chi connectivity index (χ4n) is 3.22. The second kappa shape index (κ2) is 9.11. The second-order valence-electron chi connectivity index (χ2n) is 6.06. The van der Waals surface area contributed by atoms with Crippen molar-refractivity contribution in [2.75, 3.05) is 13.1 Å². The number of benzene rings is 1. The lowest BCUT2D eigenvalue weighted by atomic mass is 10.0. The zero-order valence-electron chi connectivity index (χ0n) is 14.2. The van der Waals surface area contributed by atoms with Gasteiger partial charge in [0.1, 0.15) is 12.4 Å². The summed E-state index contributed by atoms with van der Waals surface area (Å²) in [6, 6.07) is 10.1. The van der Waals surface area contributed by atoms with Crippen molar-refractivity contribution in [3.05, 3.63) is 53.6 Å². The van der Waals surface area contributed by atoms with Gasteiger partial charge in [0.25, 0.3) is 0 Å². The zero-order valence-corrected chi connectivity index (χ0v) is 15.8. The molecule has 0 bridgehead atoms. The fourth-order valence-corrected chi connectivity index (χ4v) is 3.41. The summed E-state index contributed by atoms with van der Waals surface area (Å²) in [6.07, 6.45) is 3.38. The van der Waals surface area contributed by atoms with E-state index in [-0.39, 0.29) is 18.5 Å². The van der Waals surface area contributed by atoms with Gasteiger partial charge < -0.3 is 14.2 Å². The molecule has 1 saturated heterocycles. The standard InChI is InChI=1S/C18H22ClN3O2.ClH/c1-14-20-12-17(11-19)22(14)16-7-9-21(10-8-16)18(23)24-13-15-5-3-2-4-6-15;/h2-6,12,16H,7-11,13H2,1H3;1H. The van der Waals surface area contributed by atoms with Crippen molar-refractivity contribution in [1.29, 1.82) is 0 Å². The van der Waals surface area contributed by atoms with Gasteiger partial charge in [-0.3, -0.25) is 0 Å². The van der Waals surface area contributed by atoms with Crippen LogP contribution >= 0.6 is 24.0 Å². The molecule has 0 atom stereocenters. The molecular weight excluding hydrogens is 361 g/mol. The number of hydrogen-bond acceptors (Lipinski definition) is 3. The molecule has 1 aromatic carbocycles. The topological polar surface area (TPSA) is 47.4 Å². The van der Waals surface area contributed by atoms with E-state index in [0.717, 1.165) is 29.9 Å². The minimum Gasteiger partial charge on any atom is -0.445 e. The lowest BCUT2D eigenvalue weighted by molar-refractivity contribution is 0.0828. The normalized spacial score (nSPS) is 14.9. The van der Waals surface area contributed by atoms with E-state index in [1.54, 1.807) is 4.90 Å². The number of aryl methyl sites for hydroxylation is 1. The molecule has 1 amide bonds. The minimum absolute atomic E-state index is 0. The molecule has 0 N–H and O–H groups in total. The summed E-state index contributed by atoms with van der Waals surface area (Å²) in [4.78, 5) is 18.4. The summed E-state index contributed by atoms with van der Waals surface area (Å²) in [7, 11) is 0. The molecule has 0 radical (unpaired) electrons. The number of aromatic nitrogens is 2. The van der Waals surface area contributed by atoms with Gasteiger partial charge in [-0.2, -0.15) is 0 Å². The summed E-state index contributed by atoms with van der Waals surface area (Å²) >= 11 is 6.00. The first kappa shape index (κ1) is 19.6. The van der Waals surface area contributed by atoms with Crippen LogP contribution in [-0.2, 0) is 17.2 Å². The third-order valence-electron chi connectivity index (χ3n) is 4.49. The summed E-state index contributed by atoms with van der Waals surface area (Å²) in [5.41, 5.74) is 2.04. The number of carbonyl (C=O) groups is 1. The summed E-state index contributed by atoms with van der Waals surface area (Å²) in [5.74, 6) is 1.44. The Labute approximate surface area is 159 Å². The highest BCUT2D eigenvalue weighted by Crippen LogP contribution is 2.26. The highest BCUT2D eigenvalue weighted by Gasteiger charge is 2.26. The smallest absolute Gasteiger partial charge is 0.410 e. The molecule has 7 heteroatoms. The maximum atomic E-state index is 12.2. The third-order valence-corrected chi connectivity index (χ3v) is 4.76. The number of nitrogens with zero attached hydrogens (tertiary/aromatic N) is 3. The van der Waals surface area contributed by atoms with Gasteiger partial charge in [0.2, 0.25) is 0 Å². The predicted octanol–water partition coefficient (Wildman–Crippen LogP) is 4.33. The number of likely N-dealkylation sites (tertiary alicyclic amines) is 1. The van der Waals surface area contributed by atoms with Crippen LogP contribution in [0.3, 0.4) is 0 Å². The van der Waals surface area contributed by atoms with E-state index in [2.05, 4.69) is 9.55 Å². The van der Waals surface area contributed by atoms with Crippen LogP contribution in [0.5, 0.6) is 0 Å². The molecular formula is C18H23Cl2N3O2. The van der Waals surface area contributed by atoms with Crippen LogP contribution < -0.4 is 0 Å². The van der Waals surface area contributed by atoms with Gasteiger partial charge in [-0.15, -0.1) is 24.0 Å². The molecule has 2 heterocycles. The minimum atomic E-state index is -0.239. The number of ether oxygens (including phenoxy) is 1. The van der Waals surface area contributed by atoms with E-state index >= 15 is 0 Å². The average molecular weight is 384 g/mol. The average Bonchev–Trinajstić information content (AvgIpc) is 3.01. The number of amides is 1. The fraction of sp³-hybridized carbons (Fsp3) is 0.444. The van der Waals surface area contributed by atoms with Gasteiger partial charge >= 0.3 is 6.09 Å². The Morgan fingerprint density at radius 3 is 2.60 bits per heavy atom. The molecule has 0 unspecified atom stereocenters. The van der Waals surface area contributed by atoms with Crippen LogP contribution in [0.1, 0.15) is 36.0 Å². The molecule has 136 valence electrons. The molecule has 2 aromatic rings. The van der Waals surface area contributed by atoms with Crippen LogP contribution in [0.15, 0.2) is 36.5 Å². The van der Waals surface area contributed by atoms with Crippen molar-refractivity contribution in [2.24, 2.45) is 0 Å². The van der Waals surface area contributed by atoms with Gasteiger partial charge in [0.15, 0.2) is 0 Å². The molecule has 0 spiro atoms. The quantitative estimate of drug-likeness (QED) is 0.738.